The van der Waals surface area contributed by atoms with Gasteiger partial charge in [0.1, 0.15) is 18.1 Å². The Morgan fingerprint density at radius 1 is 1.04 bits per heavy atom. The highest BCUT2D eigenvalue weighted by Gasteiger charge is 2.13. The second kappa shape index (κ2) is 8.54. The largest absolute Gasteiger partial charge is 0.497 e. The summed E-state index contributed by atoms with van der Waals surface area (Å²) in [5.74, 6) is 1.54. The fourth-order valence-corrected chi connectivity index (χ4v) is 3.55. The summed E-state index contributed by atoms with van der Waals surface area (Å²) in [6.07, 6.45) is 0. The molecule has 1 N–H and O–H groups in total. The summed E-state index contributed by atoms with van der Waals surface area (Å²) in [5.41, 5.74) is 2.15. The number of amides is 1. The van der Waals surface area contributed by atoms with Crippen LogP contribution in [0.2, 0.25) is 0 Å². The maximum absolute atomic E-state index is 12.4. The zero-order chi connectivity index (χ0) is 18.4. The van der Waals surface area contributed by atoms with Crippen molar-refractivity contribution >= 4 is 17.2 Å². The lowest BCUT2D eigenvalue weighted by Crippen LogP contribution is -2.27. The van der Waals surface area contributed by atoms with Crippen molar-refractivity contribution in [2.45, 2.75) is 6.92 Å². The topological polar surface area (TPSA) is 47.6 Å². The van der Waals surface area contributed by atoms with Crippen LogP contribution in [-0.4, -0.2) is 26.2 Å². The van der Waals surface area contributed by atoms with E-state index in [0.717, 1.165) is 27.5 Å². The first-order valence-corrected chi connectivity index (χ1v) is 9.20. The lowest BCUT2D eigenvalue weighted by atomic mass is 10.1. The third-order valence-electron chi connectivity index (χ3n) is 3.94. The molecule has 3 aromatic rings. The molecule has 0 saturated heterocycles. The van der Waals surface area contributed by atoms with E-state index in [2.05, 4.69) is 5.32 Å². The minimum absolute atomic E-state index is 0.0745. The van der Waals surface area contributed by atoms with Gasteiger partial charge in [-0.05, 0) is 48.4 Å². The maximum Gasteiger partial charge on any atom is 0.261 e. The van der Waals surface area contributed by atoms with Crippen molar-refractivity contribution in [1.82, 2.24) is 5.32 Å². The number of methoxy groups -OCH3 is 1. The summed E-state index contributed by atoms with van der Waals surface area (Å²) in [4.78, 5) is 14.2. The van der Waals surface area contributed by atoms with Gasteiger partial charge in [0.25, 0.3) is 5.91 Å². The van der Waals surface area contributed by atoms with Gasteiger partial charge in [-0.2, -0.15) is 0 Å². The van der Waals surface area contributed by atoms with E-state index in [4.69, 9.17) is 9.47 Å². The van der Waals surface area contributed by atoms with E-state index in [1.54, 1.807) is 7.11 Å². The van der Waals surface area contributed by atoms with E-state index in [-0.39, 0.29) is 5.91 Å². The van der Waals surface area contributed by atoms with Gasteiger partial charge in [0.15, 0.2) is 0 Å². The van der Waals surface area contributed by atoms with Crippen LogP contribution in [0.1, 0.15) is 14.5 Å². The Hall–Kier alpha value is -2.79. The molecular formula is C21H21NO3S. The SMILES string of the molecule is COc1ccc(-c2cc(C(=O)NCCOc3ccccc3)sc2C)cc1. The van der Waals surface area contributed by atoms with E-state index >= 15 is 0 Å². The van der Waals surface area contributed by atoms with Crippen LogP contribution in [-0.2, 0) is 0 Å². The van der Waals surface area contributed by atoms with Crippen LogP contribution < -0.4 is 14.8 Å². The van der Waals surface area contributed by atoms with E-state index in [9.17, 15) is 4.79 Å². The molecule has 1 aromatic heterocycles. The predicted molar refractivity (Wildman–Crippen MR) is 105 cm³/mol. The molecule has 0 saturated carbocycles. The average Bonchev–Trinajstić information content (AvgIpc) is 3.08. The van der Waals surface area contributed by atoms with Gasteiger partial charge < -0.3 is 14.8 Å². The molecule has 1 heterocycles. The van der Waals surface area contributed by atoms with Gasteiger partial charge in [0, 0.05) is 4.88 Å². The van der Waals surface area contributed by atoms with Gasteiger partial charge in [-0.25, -0.2) is 0 Å². The molecule has 0 aliphatic rings. The monoisotopic (exact) mass is 367 g/mol. The van der Waals surface area contributed by atoms with Crippen molar-refractivity contribution < 1.29 is 14.3 Å². The van der Waals surface area contributed by atoms with Crippen LogP contribution in [0.4, 0.5) is 0 Å². The van der Waals surface area contributed by atoms with Crippen LogP contribution in [0.15, 0.2) is 60.7 Å². The third kappa shape index (κ3) is 4.43. The summed E-state index contributed by atoms with van der Waals surface area (Å²) in [7, 11) is 1.65. The maximum atomic E-state index is 12.4. The van der Waals surface area contributed by atoms with E-state index in [1.807, 2.05) is 67.6 Å². The van der Waals surface area contributed by atoms with Crippen molar-refractivity contribution in [2.75, 3.05) is 20.3 Å². The average molecular weight is 367 g/mol. The van der Waals surface area contributed by atoms with Crippen molar-refractivity contribution in [2.24, 2.45) is 0 Å². The van der Waals surface area contributed by atoms with Crippen LogP contribution in [0.25, 0.3) is 11.1 Å². The highest BCUT2D eigenvalue weighted by Crippen LogP contribution is 2.31. The zero-order valence-corrected chi connectivity index (χ0v) is 15.6. The molecule has 0 atom stereocenters. The molecule has 0 radical (unpaired) electrons. The summed E-state index contributed by atoms with van der Waals surface area (Å²) in [5, 5.41) is 2.91. The van der Waals surface area contributed by atoms with Gasteiger partial charge in [-0.1, -0.05) is 30.3 Å². The summed E-state index contributed by atoms with van der Waals surface area (Å²) < 4.78 is 10.8. The van der Waals surface area contributed by atoms with Gasteiger partial charge in [-0.15, -0.1) is 11.3 Å². The summed E-state index contributed by atoms with van der Waals surface area (Å²) in [6, 6.07) is 19.4. The number of carbonyl (C=O) groups excluding carboxylic acids is 1. The first-order chi connectivity index (χ1) is 12.7. The molecule has 0 aliphatic heterocycles. The zero-order valence-electron chi connectivity index (χ0n) is 14.8. The Bertz CT molecular complexity index is 857. The van der Waals surface area contributed by atoms with Gasteiger partial charge in [-0.3, -0.25) is 4.79 Å². The second-order valence-electron chi connectivity index (χ2n) is 5.73. The number of hydrogen-bond donors (Lipinski definition) is 1. The Morgan fingerprint density at radius 3 is 2.46 bits per heavy atom. The summed E-state index contributed by atoms with van der Waals surface area (Å²) >= 11 is 1.50. The van der Waals surface area contributed by atoms with Crippen LogP contribution in [0, 0.1) is 6.92 Å². The van der Waals surface area contributed by atoms with E-state index < -0.39 is 0 Å². The first kappa shape index (κ1) is 18.0. The molecule has 26 heavy (non-hydrogen) atoms. The standard InChI is InChI=1S/C21H21NO3S/c1-15-19(16-8-10-17(24-2)11-9-16)14-20(26-15)21(23)22-12-13-25-18-6-4-3-5-7-18/h3-11,14H,12-13H2,1-2H3,(H,22,23). The number of thiophene rings is 1. The second-order valence-corrected chi connectivity index (χ2v) is 6.98. The van der Waals surface area contributed by atoms with E-state index in [0.29, 0.717) is 18.0 Å². The molecule has 0 spiro atoms. The minimum Gasteiger partial charge on any atom is -0.497 e. The normalized spacial score (nSPS) is 10.4. The molecule has 0 fully saturated rings. The lowest BCUT2D eigenvalue weighted by molar-refractivity contribution is 0.0951. The van der Waals surface area contributed by atoms with Crippen molar-refractivity contribution in [3.8, 4) is 22.6 Å². The predicted octanol–water partition coefficient (Wildman–Crippen LogP) is 4.54. The molecule has 3 rings (SSSR count). The number of hydrogen-bond acceptors (Lipinski definition) is 4. The summed E-state index contributed by atoms with van der Waals surface area (Å²) in [6.45, 7) is 2.92. The number of nitrogens with one attached hydrogen (secondary N) is 1. The van der Waals surface area contributed by atoms with Crippen LogP contribution >= 0.6 is 11.3 Å². The number of ether oxygens (including phenoxy) is 2. The van der Waals surface area contributed by atoms with Crippen LogP contribution in [0.5, 0.6) is 11.5 Å². The molecule has 0 unspecified atom stereocenters. The molecule has 5 heteroatoms. The Kier molecular flexibility index (Phi) is 5.92. The third-order valence-corrected chi connectivity index (χ3v) is 4.99. The quantitative estimate of drug-likeness (QED) is 0.624. The smallest absolute Gasteiger partial charge is 0.261 e. The van der Waals surface area contributed by atoms with Crippen molar-refractivity contribution in [1.29, 1.82) is 0 Å². The molecule has 2 aromatic carbocycles. The van der Waals surface area contributed by atoms with Gasteiger partial charge >= 0.3 is 0 Å². The highest BCUT2D eigenvalue weighted by molar-refractivity contribution is 7.14. The molecule has 0 bridgehead atoms. The molecule has 1 amide bonds. The fourth-order valence-electron chi connectivity index (χ4n) is 2.59. The van der Waals surface area contributed by atoms with E-state index in [1.165, 1.54) is 11.3 Å². The van der Waals surface area contributed by atoms with Crippen molar-refractivity contribution in [3.63, 3.8) is 0 Å². The van der Waals surface area contributed by atoms with Crippen LogP contribution in [0.3, 0.4) is 0 Å². The molecule has 4 nitrogen and oxygen atoms in total. The number of carbonyl (C=O) groups is 1. The lowest BCUT2D eigenvalue weighted by Gasteiger charge is -2.06. The fraction of sp³-hybridized carbons (Fsp3) is 0.190. The number of aryl methyl sites for hydroxylation is 1. The number of para-hydroxylation sites is 1. The number of benzene rings is 2. The molecular weight excluding hydrogens is 346 g/mol. The minimum atomic E-state index is -0.0745. The molecule has 134 valence electrons. The molecule has 0 aliphatic carbocycles. The Balaban J connectivity index is 1.58. The first-order valence-electron chi connectivity index (χ1n) is 8.38. The van der Waals surface area contributed by atoms with Crippen molar-refractivity contribution in [3.05, 3.63) is 70.4 Å². The number of rotatable bonds is 7. The van der Waals surface area contributed by atoms with Gasteiger partial charge in [0.05, 0.1) is 18.5 Å². The highest BCUT2D eigenvalue weighted by atomic mass is 32.1. The van der Waals surface area contributed by atoms with Gasteiger partial charge in [0.2, 0.25) is 0 Å². The Labute approximate surface area is 157 Å². The Morgan fingerprint density at radius 2 is 1.77 bits per heavy atom.